The molecular weight excluding hydrogens is 345 g/mol. The summed E-state index contributed by atoms with van der Waals surface area (Å²) in [5.74, 6) is 1.55. The van der Waals surface area contributed by atoms with Crippen LogP contribution in [0.2, 0.25) is 0 Å². The molecule has 2 atom stereocenters. The monoisotopic (exact) mass is 360 g/mol. The Labute approximate surface area is 142 Å². The summed E-state index contributed by atoms with van der Waals surface area (Å²) in [5.41, 5.74) is -0.639. The third kappa shape index (κ3) is 3.96. The van der Waals surface area contributed by atoms with Crippen LogP contribution < -0.4 is 0 Å². The Hall–Kier alpha value is -1.87. The molecule has 0 aliphatic heterocycles. The maximum absolute atomic E-state index is 12.5. The summed E-state index contributed by atoms with van der Waals surface area (Å²) in [7, 11) is 0. The average molecular weight is 361 g/mol. The van der Waals surface area contributed by atoms with Crippen LogP contribution in [0.5, 0.6) is 0 Å². The van der Waals surface area contributed by atoms with Gasteiger partial charge in [0.25, 0.3) is 0 Å². The van der Waals surface area contributed by atoms with Gasteiger partial charge < -0.3 is 9.15 Å². The molecule has 0 bridgehead atoms. The SMILES string of the molecule is C#CCc1ccc(COC(=O)C2C(C=C(Cl)C(F)(F)F)C2(C)C)o1. The first-order chi connectivity index (χ1) is 11.1. The average Bonchev–Trinajstić information content (AvgIpc) is 2.82. The normalized spacial score (nSPS) is 22.8. The molecule has 1 fully saturated rings. The van der Waals surface area contributed by atoms with E-state index in [0.717, 1.165) is 6.08 Å². The van der Waals surface area contributed by atoms with Crippen molar-refractivity contribution < 1.29 is 27.1 Å². The number of ether oxygens (including phenoxy) is 1. The van der Waals surface area contributed by atoms with Crippen molar-refractivity contribution in [3.8, 4) is 12.3 Å². The maximum Gasteiger partial charge on any atom is 0.426 e. The van der Waals surface area contributed by atoms with Crippen LogP contribution in [-0.2, 0) is 22.6 Å². The van der Waals surface area contributed by atoms with Crippen LogP contribution >= 0.6 is 11.6 Å². The molecular formula is C17H16ClF3O3. The lowest BCUT2D eigenvalue weighted by Gasteiger charge is -2.04. The molecule has 130 valence electrons. The summed E-state index contributed by atoms with van der Waals surface area (Å²) in [6, 6.07) is 3.31. The van der Waals surface area contributed by atoms with Crippen molar-refractivity contribution in [3.63, 3.8) is 0 Å². The number of halogens is 4. The van der Waals surface area contributed by atoms with Gasteiger partial charge in [0.2, 0.25) is 0 Å². The number of rotatable bonds is 5. The fourth-order valence-corrected chi connectivity index (χ4v) is 2.75. The third-order valence-corrected chi connectivity index (χ3v) is 4.45. The quantitative estimate of drug-likeness (QED) is 0.575. The van der Waals surface area contributed by atoms with Crippen molar-refractivity contribution >= 4 is 17.6 Å². The molecule has 0 radical (unpaired) electrons. The van der Waals surface area contributed by atoms with Gasteiger partial charge in [0.1, 0.15) is 23.2 Å². The molecule has 0 N–H and O–H groups in total. The van der Waals surface area contributed by atoms with Gasteiger partial charge in [0.15, 0.2) is 0 Å². The first kappa shape index (κ1) is 18.5. The fraction of sp³-hybridized carbons (Fsp3) is 0.471. The smallest absolute Gasteiger partial charge is 0.426 e. The molecule has 1 aromatic heterocycles. The number of allylic oxidation sites excluding steroid dienone is 2. The summed E-state index contributed by atoms with van der Waals surface area (Å²) < 4.78 is 48.0. The molecule has 0 amide bonds. The summed E-state index contributed by atoms with van der Waals surface area (Å²) in [6.45, 7) is 3.29. The highest BCUT2D eigenvalue weighted by Crippen LogP contribution is 2.60. The van der Waals surface area contributed by atoms with Gasteiger partial charge >= 0.3 is 12.1 Å². The number of alkyl halides is 3. The molecule has 1 saturated carbocycles. The number of carbonyl (C=O) groups is 1. The zero-order chi connectivity index (χ0) is 18.1. The number of furan rings is 1. The van der Waals surface area contributed by atoms with Crippen LogP contribution in [0.3, 0.4) is 0 Å². The lowest BCUT2D eigenvalue weighted by Crippen LogP contribution is -2.10. The molecule has 1 aromatic rings. The predicted molar refractivity (Wildman–Crippen MR) is 81.8 cm³/mol. The van der Waals surface area contributed by atoms with E-state index >= 15 is 0 Å². The summed E-state index contributed by atoms with van der Waals surface area (Å²) in [6.07, 6.45) is 1.76. The van der Waals surface area contributed by atoms with E-state index in [1.165, 1.54) is 0 Å². The second kappa shape index (κ2) is 6.56. The lowest BCUT2D eigenvalue weighted by molar-refractivity contribution is -0.148. The number of terminal acetylenes is 1. The Morgan fingerprint density at radius 1 is 1.46 bits per heavy atom. The Bertz CT molecular complexity index is 695. The second-order valence-electron chi connectivity index (χ2n) is 6.19. The van der Waals surface area contributed by atoms with Crippen LogP contribution in [0.25, 0.3) is 0 Å². The van der Waals surface area contributed by atoms with E-state index in [2.05, 4.69) is 5.92 Å². The van der Waals surface area contributed by atoms with Crippen molar-refractivity contribution in [2.45, 2.75) is 33.1 Å². The number of hydrogen-bond acceptors (Lipinski definition) is 3. The van der Waals surface area contributed by atoms with Gasteiger partial charge in [-0.15, -0.1) is 6.42 Å². The molecule has 0 saturated heterocycles. The van der Waals surface area contributed by atoms with E-state index in [9.17, 15) is 18.0 Å². The van der Waals surface area contributed by atoms with E-state index < -0.39 is 34.4 Å². The van der Waals surface area contributed by atoms with Crippen LogP contribution in [0.15, 0.2) is 27.7 Å². The zero-order valence-corrected chi connectivity index (χ0v) is 13.9. The van der Waals surface area contributed by atoms with Crippen molar-refractivity contribution in [3.05, 3.63) is 34.8 Å². The minimum atomic E-state index is -4.61. The van der Waals surface area contributed by atoms with Crippen LogP contribution in [0.1, 0.15) is 25.4 Å². The van der Waals surface area contributed by atoms with Gasteiger partial charge in [-0.2, -0.15) is 13.2 Å². The molecule has 24 heavy (non-hydrogen) atoms. The van der Waals surface area contributed by atoms with Crippen LogP contribution in [0.4, 0.5) is 13.2 Å². The zero-order valence-electron chi connectivity index (χ0n) is 13.1. The molecule has 1 heterocycles. The van der Waals surface area contributed by atoms with Gasteiger partial charge in [-0.3, -0.25) is 4.79 Å². The standard InChI is InChI=1S/C17H16ClF3O3/c1-4-5-10-6-7-11(24-10)9-23-15(22)14-12(16(14,2)3)8-13(18)17(19,20)21/h1,6-8,12,14H,5,9H2,2-3H3. The van der Waals surface area contributed by atoms with Gasteiger partial charge in [0.05, 0.1) is 12.3 Å². The van der Waals surface area contributed by atoms with Gasteiger partial charge in [0, 0.05) is 0 Å². The topological polar surface area (TPSA) is 39.4 Å². The number of hydrogen-bond donors (Lipinski definition) is 0. The first-order valence-electron chi connectivity index (χ1n) is 7.19. The van der Waals surface area contributed by atoms with Gasteiger partial charge in [-0.1, -0.05) is 37.4 Å². The van der Waals surface area contributed by atoms with Gasteiger partial charge in [-0.25, -0.2) is 0 Å². The second-order valence-corrected chi connectivity index (χ2v) is 6.60. The van der Waals surface area contributed by atoms with Crippen molar-refractivity contribution in [2.24, 2.45) is 17.3 Å². The summed E-state index contributed by atoms with van der Waals surface area (Å²) in [4.78, 5) is 12.1. The minimum Gasteiger partial charge on any atom is -0.461 e. The first-order valence-corrected chi connectivity index (χ1v) is 7.57. The Morgan fingerprint density at radius 3 is 2.67 bits per heavy atom. The Kier molecular flexibility index (Phi) is 5.05. The van der Waals surface area contributed by atoms with Crippen molar-refractivity contribution in [1.29, 1.82) is 0 Å². The van der Waals surface area contributed by atoms with E-state index in [1.807, 2.05) is 0 Å². The summed E-state index contributed by atoms with van der Waals surface area (Å²) in [5, 5.41) is -1.22. The van der Waals surface area contributed by atoms with E-state index in [-0.39, 0.29) is 6.61 Å². The maximum atomic E-state index is 12.5. The Morgan fingerprint density at radius 2 is 2.08 bits per heavy atom. The summed E-state index contributed by atoms with van der Waals surface area (Å²) >= 11 is 5.25. The van der Waals surface area contributed by atoms with E-state index in [0.29, 0.717) is 17.9 Å². The van der Waals surface area contributed by atoms with Crippen LogP contribution in [-0.4, -0.2) is 12.1 Å². The number of carbonyl (C=O) groups excluding carboxylic acids is 1. The minimum absolute atomic E-state index is 0.0978. The fourth-order valence-electron chi connectivity index (χ4n) is 2.62. The molecule has 7 heteroatoms. The third-order valence-electron chi connectivity index (χ3n) is 4.11. The highest BCUT2D eigenvalue weighted by molar-refractivity contribution is 6.30. The number of esters is 1. The van der Waals surface area contributed by atoms with E-state index in [4.69, 9.17) is 27.2 Å². The van der Waals surface area contributed by atoms with Gasteiger partial charge in [-0.05, 0) is 23.5 Å². The molecule has 1 aliphatic rings. The molecule has 3 nitrogen and oxygen atoms in total. The van der Waals surface area contributed by atoms with E-state index in [1.54, 1.807) is 26.0 Å². The molecule has 2 rings (SSSR count). The predicted octanol–water partition coefficient (Wildman–Crippen LogP) is 4.46. The molecule has 0 spiro atoms. The molecule has 0 aromatic carbocycles. The Balaban J connectivity index is 1.96. The van der Waals surface area contributed by atoms with Crippen molar-refractivity contribution in [1.82, 2.24) is 0 Å². The largest absolute Gasteiger partial charge is 0.461 e. The lowest BCUT2D eigenvalue weighted by atomic mass is 10.1. The van der Waals surface area contributed by atoms with Crippen LogP contribution in [0, 0.1) is 29.6 Å². The highest BCUT2D eigenvalue weighted by atomic mass is 35.5. The van der Waals surface area contributed by atoms with Crippen molar-refractivity contribution in [2.75, 3.05) is 0 Å². The molecule has 1 aliphatic carbocycles. The molecule has 2 unspecified atom stereocenters. The highest BCUT2D eigenvalue weighted by Gasteiger charge is 2.62.